The lowest BCUT2D eigenvalue weighted by Gasteiger charge is -2.12. The average Bonchev–Trinajstić information content (AvgIpc) is 2.49. The van der Waals surface area contributed by atoms with Crippen molar-refractivity contribution < 1.29 is 14.6 Å². The highest BCUT2D eigenvalue weighted by atomic mass is 16.5. The lowest BCUT2D eigenvalue weighted by molar-refractivity contribution is 0.0557. The predicted molar refractivity (Wildman–Crippen MR) is 87.0 cm³/mol. The number of benzene rings is 1. The Hall–Kier alpha value is -1.22. The van der Waals surface area contributed by atoms with Gasteiger partial charge >= 0.3 is 0 Å². The molecule has 0 aliphatic carbocycles. The van der Waals surface area contributed by atoms with Crippen LogP contribution in [0.5, 0.6) is 11.5 Å². The van der Waals surface area contributed by atoms with Crippen molar-refractivity contribution in [1.82, 2.24) is 0 Å². The molecule has 21 heavy (non-hydrogen) atoms. The summed E-state index contributed by atoms with van der Waals surface area (Å²) in [6.45, 7) is 6.01. The first-order chi connectivity index (χ1) is 10.2. The van der Waals surface area contributed by atoms with Crippen molar-refractivity contribution in [2.45, 2.75) is 64.9 Å². The molecule has 0 radical (unpaired) electrons. The minimum Gasteiger partial charge on any atom is -0.508 e. The second-order valence-electron chi connectivity index (χ2n) is 5.58. The lowest BCUT2D eigenvalue weighted by Crippen LogP contribution is -2.09. The van der Waals surface area contributed by atoms with Gasteiger partial charge in [-0.1, -0.05) is 26.2 Å². The van der Waals surface area contributed by atoms with Crippen LogP contribution in [0.4, 0.5) is 0 Å². The minimum absolute atomic E-state index is 0.273. The van der Waals surface area contributed by atoms with Crippen molar-refractivity contribution in [3.05, 3.63) is 24.3 Å². The van der Waals surface area contributed by atoms with Gasteiger partial charge in [0.25, 0.3) is 0 Å². The Morgan fingerprint density at radius 3 is 2.38 bits per heavy atom. The van der Waals surface area contributed by atoms with Crippen LogP contribution in [0.3, 0.4) is 0 Å². The fraction of sp³-hybridized carbons (Fsp3) is 0.667. The monoisotopic (exact) mass is 294 g/mol. The molecule has 0 aliphatic heterocycles. The number of phenols is 1. The van der Waals surface area contributed by atoms with Crippen LogP contribution < -0.4 is 4.74 Å². The van der Waals surface area contributed by atoms with Gasteiger partial charge in [-0.2, -0.15) is 0 Å². The van der Waals surface area contributed by atoms with Gasteiger partial charge in [0.05, 0.1) is 12.7 Å². The smallest absolute Gasteiger partial charge is 0.119 e. The summed E-state index contributed by atoms with van der Waals surface area (Å²) in [5.74, 6) is 1.09. The van der Waals surface area contributed by atoms with E-state index >= 15 is 0 Å². The van der Waals surface area contributed by atoms with E-state index in [0.717, 1.165) is 31.8 Å². The molecule has 0 saturated heterocycles. The van der Waals surface area contributed by atoms with Crippen LogP contribution in [-0.4, -0.2) is 24.4 Å². The second kappa shape index (κ2) is 11.4. The van der Waals surface area contributed by atoms with Crippen LogP contribution in [0, 0.1) is 0 Å². The van der Waals surface area contributed by atoms with Gasteiger partial charge in [-0.05, 0) is 56.9 Å². The molecular formula is C18H30O3. The molecule has 1 aromatic carbocycles. The van der Waals surface area contributed by atoms with Crippen LogP contribution in [-0.2, 0) is 4.74 Å². The van der Waals surface area contributed by atoms with Crippen molar-refractivity contribution in [2.75, 3.05) is 13.2 Å². The SMILES string of the molecule is CCCCCOC(C)CCCCCOc1ccc(O)cc1. The first-order valence-electron chi connectivity index (χ1n) is 8.25. The third kappa shape index (κ3) is 9.35. The average molecular weight is 294 g/mol. The third-order valence-electron chi connectivity index (χ3n) is 3.51. The Balaban J connectivity index is 1.93. The number of unbranched alkanes of at least 4 members (excludes halogenated alkanes) is 4. The van der Waals surface area contributed by atoms with Crippen molar-refractivity contribution in [3.8, 4) is 11.5 Å². The zero-order chi connectivity index (χ0) is 15.3. The fourth-order valence-corrected chi connectivity index (χ4v) is 2.16. The van der Waals surface area contributed by atoms with E-state index in [-0.39, 0.29) is 5.75 Å². The Morgan fingerprint density at radius 1 is 0.952 bits per heavy atom. The van der Waals surface area contributed by atoms with E-state index < -0.39 is 0 Å². The fourth-order valence-electron chi connectivity index (χ4n) is 2.16. The Kier molecular flexibility index (Phi) is 9.71. The number of hydrogen-bond donors (Lipinski definition) is 1. The number of ether oxygens (including phenoxy) is 2. The largest absolute Gasteiger partial charge is 0.508 e. The maximum atomic E-state index is 9.17. The molecule has 0 saturated carbocycles. The summed E-state index contributed by atoms with van der Waals surface area (Å²) >= 11 is 0. The molecule has 3 heteroatoms. The zero-order valence-electron chi connectivity index (χ0n) is 13.5. The van der Waals surface area contributed by atoms with E-state index in [0.29, 0.717) is 6.10 Å². The maximum Gasteiger partial charge on any atom is 0.119 e. The molecule has 0 amide bonds. The number of rotatable bonds is 12. The van der Waals surface area contributed by atoms with Crippen LogP contribution in [0.2, 0.25) is 0 Å². The van der Waals surface area contributed by atoms with E-state index in [1.807, 2.05) is 0 Å². The normalized spacial score (nSPS) is 12.3. The first-order valence-corrected chi connectivity index (χ1v) is 8.25. The summed E-state index contributed by atoms with van der Waals surface area (Å²) in [5, 5.41) is 9.17. The van der Waals surface area contributed by atoms with Crippen LogP contribution in [0.1, 0.15) is 58.8 Å². The van der Waals surface area contributed by atoms with E-state index in [1.54, 1.807) is 24.3 Å². The van der Waals surface area contributed by atoms with Crippen LogP contribution >= 0.6 is 0 Å². The molecule has 0 fully saturated rings. The minimum atomic E-state index is 0.273. The van der Waals surface area contributed by atoms with E-state index in [4.69, 9.17) is 9.47 Å². The molecule has 1 atom stereocenters. The van der Waals surface area contributed by atoms with Gasteiger partial charge in [-0.3, -0.25) is 0 Å². The Bertz CT molecular complexity index is 348. The highest BCUT2D eigenvalue weighted by Crippen LogP contribution is 2.16. The van der Waals surface area contributed by atoms with Gasteiger partial charge < -0.3 is 14.6 Å². The second-order valence-corrected chi connectivity index (χ2v) is 5.58. The first kappa shape index (κ1) is 17.8. The van der Waals surface area contributed by atoms with Crippen molar-refractivity contribution in [2.24, 2.45) is 0 Å². The molecule has 120 valence electrons. The van der Waals surface area contributed by atoms with E-state index in [9.17, 15) is 5.11 Å². The molecule has 0 aliphatic rings. The topological polar surface area (TPSA) is 38.7 Å². The quantitative estimate of drug-likeness (QED) is 0.556. The third-order valence-corrected chi connectivity index (χ3v) is 3.51. The summed E-state index contributed by atoms with van der Waals surface area (Å²) in [5.41, 5.74) is 0. The number of phenolic OH excluding ortho intramolecular Hbond substituents is 1. The Labute approximate surface area is 129 Å². The molecule has 1 unspecified atom stereocenters. The van der Waals surface area contributed by atoms with Gasteiger partial charge in [0.15, 0.2) is 0 Å². The summed E-state index contributed by atoms with van der Waals surface area (Å²) in [7, 11) is 0. The summed E-state index contributed by atoms with van der Waals surface area (Å²) < 4.78 is 11.4. The summed E-state index contributed by atoms with van der Waals surface area (Å²) in [4.78, 5) is 0. The van der Waals surface area contributed by atoms with Crippen molar-refractivity contribution in [3.63, 3.8) is 0 Å². The number of hydrogen-bond acceptors (Lipinski definition) is 3. The van der Waals surface area contributed by atoms with Crippen molar-refractivity contribution in [1.29, 1.82) is 0 Å². The molecule has 0 aromatic heterocycles. The van der Waals surface area contributed by atoms with Gasteiger partial charge in [0.1, 0.15) is 11.5 Å². The van der Waals surface area contributed by atoms with Gasteiger partial charge in [-0.15, -0.1) is 0 Å². The number of aromatic hydroxyl groups is 1. The van der Waals surface area contributed by atoms with Gasteiger partial charge in [0.2, 0.25) is 0 Å². The molecule has 1 N–H and O–H groups in total. The molecule has 0 spiro atoms. The predicted octanol–water partition coefficient (Wildman–Crippen LogP) is 4.93. The molecule has 1 rings (SSSR count). The van der Waals surface area contributed by atoms with E-state index in [1.165, 1.54) is 32.1 Å². The van der Waals surface area contributed by atoms with Crippen molar-refractivity contribution >= 4 is 0 Å². The highest BCUT2D eigenvalue weighted by Gasteiger charge is 2.02. The Morgan fingerprint density at radius 2 is 1.67 bits per heavy atom. The van der Waals surface area contributed by atoms with Gasteiger partial charge in [0, 0.05) is 6.61 Å². The molecule has 0 bridgehead atoms. The van der Waals surface area contributed by atoms with Gasteiger partial charge in [-0.25, -0.2) is 0 Å². The van der Waals surface area contributed by atoms with Crippen LogP contribution in [0.25, 0.3) is 0 Å². The van der Waals surface area contributed by atoms with Crippen LogP contribution in [0.15, 0.2) is 24.3 Å². The molecular weight excluding hydrogens is 264 g/mol. The molecule has 0 heterocycles. The zero-order valence-corrected chi connectivity index (χ0v) is 13.5. The summed E-state index contributed by atoms with van der Waals surface area (Å²) in [6, 6.07) is 6.88. The maximum absolute atomic E-state index is 9.17. The molecule has 1 aromatic rings. The lowest BCUT2D eigenvalue weighted by atomic mass is 10.1. The standard InChI is InChI=1S/C18H30O3/c1-3-4-7-14-20-16(2)9-6-5-8-15-21-18-12-10-17(19)11-13-18/h10-13,16,19H,3-9,14-15H2,1-2H3. The highest BCUT2D eigenvalue weighted by molar-refractivity contribution is 5.29. The molecule has 3 nitrogen and oxygen atoms in total. The summed E-state index contributed by atoms with van der Waals surface area (Å²) in [6.07, 6.45) is 8.62. The van der Waals surface area contributed by atoms with E-state index in [2.05, 4.69) is 13.8 Å².